The molecule has 3 nitrogen and oxygen atoms in total. The Balaban J connectivity index is 2.56. The zero-order chi connectivity index (χ0) is 10.1. The van der Waals surface area contributed by atoms with Crippen molar-refractivity contribution in [1.29, 1.82) is 0 Å². The van der Waals surface area contributed by atoms with E-state index in [1.807, 2.05) is 0 Å². The van der Waals surface area contributed by atoms with Gasteiger partial charge in [-0.05, 0) is 32.6 Å². The molecule has 1 saturated carbocycles. The normalized spacial score (nSPS) is 18.2. The SMILES string of the molecule is C#CC(C)(C)NS(=O)(=O)CC1CC1. The van der Waals surface area contributed by atoms with Gasteiger partial charge in [-0.1, -0.05) is 5.92 Å². The van der Waals surface area contributed by atoms with Gasteiger partial charge in [-0.2, -0.15) is 4.72 Å². The molecule has 0 aromatic rings. The summed E-state index contributed by atoms with van der Waals surface area (Å²) in [5.41, 5.74) is -0.770. The third-order valence-electron chi connectivity index (χ3n) is 1.92. The monoisotopic (exact) mass is 201 g/mol. The van der Waals surface area contributed by atoms with Crippen LogP contribution in [0.2, 0.25) is 0 Å². The molecule has 1 aliphatic carbocycles. The van der Waals surface area contributed by atoms with Crippen LogP contribution in [-0.2, 0) is 10.0 Å². The van der Waals surface area contributed by atoms with E-state index in [1.54, 1.807) is 13.8 Å². The van der Waals surface area contributed by atoms with E-state index in [0.29, 0.717) is 5.92 Å². The van der Waals surface area contributed by atoms with Crippen molar-refractivity contribution in [2.24, 2.45) is 5.92 Å². The van der Waals surface area contributed by atoms with E-state index in [9.17, 15) is 8.42 Å². The van der Waals surface area contributed by atoms with Crippen molar-refractivity contribution in [3.05, 3.63) is 0 Å². The summed E-state index contributed by atoms with van der Waals surface area (Å²) in [6.07, 6.45) is 7.23. The summed E-state index contributed by atoms with van der Waals surface area (Å²) in [4.78, 5) is 0. The van der Waals surface area contributed by atoms with Crippen molar-refractivity contribution in [2.75, 3.05) is 5.75 Å². The zero-order valence-corrected chi connectivity index (χ0v) is 8.82. The molecule has 13 heavy (non-hydrogen) atoms. The molecule has 1 aliphatic rings. The van der Waals surface area contributed by atoms with Crippen LogP contribution in [0.4, 0.5) is 0 Å². The summed E-state index contributed by atoms with van der Waals surface area (Å²) in [6, 6.07) is 0. The molecule has 0 amide bonds. The number of nitrogens with one attached hydrogen (secondary N) is 1. The van der Waals surface area contributed by atoms with Crippen LogP contribution in [0, 0.1) is 18.3 Å². The third kappa shape index (κ3) is 3.79. The van der Waals surface area contributed by atoms with Gasteiger partial charge in [0.05, 0.1) is 11.3 Å². The van der Waals surface area contributed by atoms with Crippen molar-refractivity contribution in [1.82, 2.24) is 4.72 Å². The summed E-state index contributed by atoms with van der Waals surface area (Å²) < 4.78 is 25.4. The number of hydrogen-bond acceptors (Lipinski definition) is 2. The number of hydrogen-bond donors (Lipinski definition) is 1. The van der Waals surface area contributed by atoms with Crippen LogP contribution in [-0.4, -0.2) is 19.7 Å². The predicted molar refractivity (Wildman–Crippen MR) is 52.6 cm³/mol. The van der Waals surface area contributed by atoms with E-state index in [-0.39, 0.29) is 5.75 Å². The molecule has 0 spiro atoms. The second kappa shape index (κ2) is 3.32. The lowest BCUT2D eigenvalue weighted by molar-refractivity contribution is 0.536. The molecule has 0 aromatic carbocycles. The van der Waals surface area contributed by atoms with Crippen LogP contribution in [0.5, 0.6) is 0 Å². The Morgan fingerprint density at radius 2 is 2.08 bits per heavy atom. The third-order valence-corrected chi connectivity index (χ3v) is 3.66. The lowest BCUT2D eigenvalue weighted by atomic mass is 10.1. The second-order valence-corrected chi connectivity index (χ2v) is 5.86. The quantitative estimate of drug-likeness (QED) is 0.681. The number of sulfonamides is 1. The summed E-state index contributed by atoms with van der Waals surface area (Å²) in [5.74, 6) is 2.97. The van der Waals surface area contributed by atoms with Gasteiger partial charge in [0, 0.05) is 0 Å². The van der Waals surface area contributed by atoms with Crippen LogP contribution >= 0.6 is 0 Å². The minimum Gasteiger partial charge on any atom is -0.212 e. The molecule has 4 heteroatoms. The predicted octanol–water partition coefficient (Wildman–Crippen LogP) is 0.728. The highest BCUT2D eigenvalue weighted by Gasteiger charge is 2.30. The van der Waals surface area contributed by atoms with Gasteiger partial charge in [0.25, 0.3) is 0 Å². The van der Waals surface area contributed by atoms with Crippen molar-refractivity contribution in [3.63, 3.8) is 0 Å². The first kappa shape index (κ1) is 10.6. The average Bonchev–Trinajstić information content (AvgIpc) is 2.68. The van der Waals surface area contributed by atoms with Crippen molar-refractivity contribution in [3.8, 4) is 12.3 Å². The average molecular weight is 201 g/mol. The van der Waals surface area contributed by atoms with Crippen LogP contribution in [0.1, 0.15) is 26.7 Å². The van der Waals surface area contributed by atoms with Gasteiger partial charge >= 0.3 is 0 Å². The van der Waals surface area contributed by atoms with E-state index in [2.05, 4.69) is 10.6 Å². The van der Waals surface area contributed by atoms with E-state index in [0.717, 1.165) is 12.8 Å². The fourth-order valence-electron chi connectivity index (χ4n) is 1.05. The Morgan fingerprint density at radius 3 is 2.46 bits per heavy atom. The van der Waals surface area contributed by atoms with Gasteiger partial charge in [0.2, 0.25) is 10.0 Å². The van der Waals surface area contributed by atoms with E-state index < -0.39 is 15.6 Å². The van der Waals surface area contributed by atoms with Crippen LogP contribution in [0.3, 0.4) is 0 Å². The molecule has 0 radical (unpaired) electrons. The van der Waals surface area contributed by atoms with Crippen molar-refractivity contribution in [2.45, 2.75) is 32.2 Å². The Kier molecular flexibility index (Phi) is 2.69. The minimum absolute atomic E-state index is 0.220. The van der Waals surface area contributed by atoms with Crippen LogP contribution in [0.25, 0.3) is 0 Å². The lowest BCUT2D eigenvalue weighted by Crippen LogP contribution is -2.43. The maximum Gasteiger partial charge on any atom is 0.213 e. The van der Waals surface area contributed by atoms with E-state index >= 15 is 0 Å². The molecule has 0 aliphatic heterocycles. The zero-order valence-electron chi connectivity index (χ0n) is 8.00. The highest BCUT2D eigenvalue weighted by Crippen LogP contribution is 2.30. The molecule has 0 bridgehead atoms. The smallest absolute Gasteiger partial charge is 0.212 e. The standard InChI is InChI=1S/C9H15NO2S/c1-4-9(2,3)10-13(11,12)7-8-5-6-8/h1,8,10H,5-7H2,2-3H3. The van der Waals surface area contributed by atoms with Gasteiger partial charge in [-0.25, -0.2) is 8.42 Å². The summed E-state index contributed by atoms with van der Waals surface area (Å²) in [5, 5.41) is 0. The van der Waals surface area contributed by atoms with Gasteiger partial charge in [-0.3, -0.25) is 0 Å². The molecule has 0 heterocycles. The van der Waals surface area contributed by atoms with Crippen molar-refractivity contribution < 1.29 is 8.42 Å². The van der Waals surface area contributed by atoms with E-state index in [1.165, 1.54) is 0 Å². The Labute approximate surface area is 80.0 Å². The summed E-state index contributed by atoms with van der Waals surface area (Å²) >= 11 is 0. The molecule has 0 unspecified atom stereocenters. The molecule has 74 valence electrons. The summed E-state index contributed by atoms with van der Waals surface area (Å²) in [6.45, 7) is 3.36. The first-order chi connectivity index (χ1) is 5.85. The van der Waals surface area contributed by atoms with E-state index in [4.69, 9.17) is 6.42 Å². The van der Waals surface area contributed by atoms with Gasteiger partial charge in [0.15, 0.2) is 0 Å². The lowest BCUT2D eigenvalue weighted by Gasteiger charge is -2.19. The molecule has 0 aromatic heterocycles. The topological polar surface area (TPSA) is 46.2 Å². The largest absolute Gasteiger partial charge is 0.213 e. The molecular weight excluding hydrogens is 186 g/mol. The Hall–Kier alpha value is -0.530. The first-order valence-corrected chi connectivity index (χ1v) is 5.99. The molecule has 1 fully saturated rings. The first-order valence-electron chi connectivity index (χ1n) is 4.34. The van der Waals surface area contributed by atoms with Crippen LogP contribution < -0.4 is 4.72 Å². The van der Waals surface area contributed by atoms with Crippen LogP contribution in [0.15, 0.2) is 0 Å². The molecule has 0 atom stereocenters. The molecule has 1 rings (SSSR count). The number of rotatable bonds is 4. The maximum absolute atomic E-state index is 11.4. The number of terminal acetylenes is 1. The minimum atomic E-state index is -3.18. The fourth-order valence-corrected chi connectivity index (χ4v) is 2.93. The fraction of sp³-hybridized carbons (Fsp3) is 0.778. The second-order valence-electron chi connectivity index (χ2n) is 4.10. The summed E-state index contributed by atoms with van der Waals surface area (Å²) in [7, 11) is -3.18. The van der Waals surface area contributed by atoms with Gasteiger partial charge < -0.3 is 0 Å². The Morgan fingerprint density at radius 1 is 1.54 bits per heavy atom. The highest BCUT2D eigenvalue weighted by atomic mass is 32.2. The van der Waals surface area contributed by atoms with Gasteiger partial charge in [-0.15, -0.1) is 6.42 Å². The molecule has 1 N–H and O–H groups in total. The Bertz CT molecular complexity index is 320. The van der Waals surface area contributed by atoms with Gasteiger partial charge in [0.1, 0.15) is 0 Å². The van der Waals surface area contributed by atoms with Crippen molar-refractivity contribution >= 4 is 10.0 Å². The molecule has 0 saturated heterocycles. The molecular formula is C9H15NO2S. The highest BCUT2D eigenvalue weighted by molar-refractivity contribution is 7.89. The maximum atomic E-state index is 11.4.